The molecule has 0 saturated heterocycles. The normalized spacial score (nSPS) is 12.7. The minimum Gasteiger partial charge on any atom is -0.468 e. The first-order chi connectivity index (χ1) is 13.0. The summed E-state index contributed by atoms with van der Waals surface area (Å²) in [5.74, 6) is -0.513. The molecule has 7 heteroatoms. The fraction of sp³-hybridized carbons (Fsp3) is 0.250. The fourth-order valence-corrected chi connectivity index (χ4v) is 3.60. The van der Waals surface area contributed by atoms with Crippen molar-refractivity contribution in [2.24, 2.45) is 0 Å². The molecule has 0 radical (unpaired) electrons. The van der Waals surface area contributed by atoms with E-state index in [0.29, 0.717) is 23.5 Å². The number of nitrogens with zero attached hydrogens (tertiary/aromatic N) is 1. The van der Waals surface area contributed by atoms with Crippen LogP contribution in [0.15, 0.2) is 47.4 Å². The molecule has 0 spiro atoms. The fourth-order valence-electron chi connectivity index (χ4n) is 2.81. The van der Waals surface area contributed by atoms with Gasteiger partial charge in [-0.1, -0.05) is 24.3 Å². The van der Waals surface area contributed by atoms with Crippen molar-refractivity contribution in [3.05, 3.63) is 59.2 Å². The van der Waals surface area contributed by atoms with Crippen molar-refractivity contribution in [3.8, 4) is 0 Å². The summed E-state index contributed by atoms with van der Waals surface area (Å²) in [6.45, 7) is 2.10. The van der Waals surface area contributed by atoms with Gasteiger partial charge in [0.05, 0.1) is 18.6 Å². The molecule has 0 bridgehead atoms. The van der Waals surface area contributed by atoms with Crippen molar-refractivity contribution < 1.29 is 19.1 Å². The Morgan fingerprint density at radius 1 is 1.22 bits per heavy atom. The number of carbonyl (C=O) groups is 3. The van der Waals surface area contributed by atoms with Crippen molar-refractivity contribution in [1.29, 1.82) is 0 Å². The topological polar surface area (TPSA) is 75.7 Å². The number of hydrogen-bond donors (Lipinski definition) is 1. The van der Waals surface area contributed by atoms with Gasteiger partial charge in [-0.3, -0.25) is 14.4 Å². The molecular weight excluding hydrogens is 364 g/mol. The van der Waals surface area contributed by atoms with E-state index in [1.165, 1.54) is 23.8 Å². The lowest BCUT2D eigenvalue weighted by Crippen LogP contribution is -2.36. The van der Waals surface area contributed by atoms with E-state index in [4.69, 9.17) is 4.74 Å². The molecule has 2 aromatic rings. The van der Waals surface area contributed by atoms with Gasteiger partial charge in [-0.25, -0.2) is 0 Å². The van der Waals surface area contributed by atoms with Gasteiger partial charge in [-0.2, -0.15) is 0 Å². The smallest absolute Gasteiger partial charge is 0.325 e. The minimum atomic E-state index is -0.487. The molecule has 0 aromatic heterocycles. The van der Waals surface area contributed by atoms with Crippen LogP contribution in [0.5, 0.6) is 0 Å². The molecule has 2 aromatic carbocycles. The Bertz CT molecular complexity index is 897. The highest BCUT2D eigenvalue weighted by molar-refractivity contribution is 8.00. The minimum absolute atomic E-state index is 0.0940. The average Bonchev–Trinajstić information content (AvgIpc) is 2.67. The maximum Gasteiger partial charge on any atom is 0.325 e. The van der Waals surface area contributed by atoms with E-state index in [0.717, 1.165) is 16.0 Å². The Morgan fingerprint density at radius 3 is 2.74 bits per heavy atom. The predicted octanol–water partition coefficient (Wildman–Crippen LogP) is 2.85. The first-order valence-corrected chi connectivity index (χ1v) is 9.44. The zero-order valence-corrected chi connectivity index (χ0v) is 16.0. The molecule has 6 nitrogen and oxygen atoms in total. The van der Waals surface area contributed by atoms with E-state index in [-0.39, 0.29) is 18.4 Å². The lowest BCUT2D eigenvalue weighted by atomic mass is 10.1. The number of ether oxygens (including phenoxy) is 1. The quantitative estimate of drug-likeness (QED) is 0.803. The summed E-state index contributed by atoms with van der Waals surface area (Å²) >= 11 is 1.43. The third-order valence-electron chi connectivity index (χ3n) is 4.32. The maximum atomic E-state index is 13.1. The van der Waals surface area contributed by atoms with E-state index < -0.39 is 5.97 Å². The molecule has 0 unspecified atom stereocenters. The van der Waals surface area contributed by atoms with Crippen LogP contribution in [-0.2, 0) is 20.9 Å². The standard InChI is InChI=1S/C20H20N2O4S/c1-13-5-3-4-6-15(13)10-22(11-19(24)26-2)20(25)14-7-8-17-16(9-14)21-18(23)12-27-17/h3-9H,10-12H2,1-2H3,(H,21,23). The van der Waals surface area contributed by atoms with E-state index >= 15 is 0 Å². The molecule has 1 aliphatic rings. The van der Waals surface area contributed by atoms with Gasteiger partial charge in [0, 0.05) is 17.0 Å². The SMILES string of the molecule is COC(=O)CN(Cc1ccccc1C)C(=O)c1ccc2c(c1)NC(=O)CS2. The van der Waals surface area contributed by atoms with Gasteiger partial charge in [0.1, 0.15) is 6.54 Å². The summed E-state index contributed by atoms with van der Waals surface area (Å²) in [6.07, 6.45) is 0. The number of aryl methyl sites for hydroxylation is 1. The van der Waals surface area contributed by atoms with Crippen LogP contribution in [0.1, 0.15) is 21.5 Å². The number of rotatable bonds is 5. The van der Waals surface area contributed by atoms with Gasteiger partial charge >= 0.3 is 5.97 Å². The molecule has 3 rings (SSSR count). The molecule has 27 heavy (non-hydrogen) atoms. The summed E-state index contributed by atoms with van der Waals surface area (Å²) < 4.78 is 4.75. The van der Waals surface area contributed by atoms with Crippen LogP contribution in [0.2, 0.25) is 0 Å². The van der Waals surface area contributed by atoms with Crippen LogP contribution in [-0.4, -0.2) is 42.1 Å². The number of methoxy groups -OCH3 is 1. The van der Waals surface area contributed by atoms with Gasteiger partial charge < -0.3 is 15.0 Å². The van der Waals surface area contributed by atoms with E-state index in [1.54, 1.807) is 12.1 Å². The third-order valence-corrected chi connectivity index (χ3v) is 5.39. The van der Waals surface area contributed by atoms with E-state index in [1.807, 2.05) is 37.3 Å². The number of thioether (sulfide) groups is 1. The highest BCUT2D eigenvalue weighted by Gasteiger charge is 2.23. The molecule has 1 N–H and O–H groups in total. The zero-order valence-electron chi connectivity index (χ0n) is 15.2. The molecule has 1 heterocycles. The molecule has 140 valence electrons. The number of nitrogens with one attached hydrogen (secondary N) is 1. The molecule has 1 aliphatic heterocycles. The van der Waals surface area contributed by atoms with Gasteiger partial charge in [0.2, 0.25) is 5.91 Å². The van der Waals surface area contributed by atoms with Gasteiger partial charge in [-0.05, 0) is 36.2 Å². The van der Waals surface area contributed by atoms with Crippen molar-refractivity contribution in [2.45, 2.75) is 18.4 Å². The predicted molar refractivity (Wildman–Crippen MR) is 104 cm³/mol. The van der Waals surface area contributed by atoms with Crippen LogP contribution in [0.3, 0.4) is 0 Å². The van der Waals surface area contributed by atoms with Crippen LogP contribution < -0.4 is 5.32 Å². The number of amides is 2. The molecule has 0 atom stereocenters. The van der Waals surface area contributed by atoms with Crippen LogP contribution in [0.4, 0.5) is 5.69 Å². The molecule has 0 saturated carbocycles. The number of carbonyl (C=O) groups excluding carboxylic acids is 3. The summed E-state index contributed by atoms with van der Waals surface area (Å²) in [5.41, 5.74) is 3.02. The van der Waals surface area contributed by atoms with E-state index in [9.17, 15) is 14.4 Å². The number of fused-ring (bicyclic) bond motifs is 1. The maximum absolute atomic E-state index is 13.1. The van der Waals surface area contributed by atoms with Crippen LogP contribution in [0.25, 0.3) is 0 Å². The lowest BCUT2D eigenvalue weighted by Gasteiger charge is -2.24. The molecular formula is C20H20N2O4S. The highest BCUT2D eigenvalue weighted by Crippen LogP contribution is 2.32. The van der Waals surface area contributed by atoms with Crippen molar-refractivity contribution in [2.75, 3.05) is 24.7 Å². The van der Waals surface area contributed by atoms with Crippen LogP contribution in [0, 0.1) is 6.92 Å². The zero-order chi connectivity index (χ0) is 19.4. The van der Waals surface area contributed by atoms with Gasteiger partial charge in [0.25, 0.3) is 5.91 Å². The summed E-state index contributed by atoms with van der Waals surface area (Å²) in [7, 11) is 1.30. The number of anilines is 1. The second kappa shape index (κ2) is 8.26. The summed E-state index contributed by atoms with van der Waals surface area (Å²) in [4.78, 5) is 38.9. The third kappa shape index (κ3) is 4.49. The lowest BCUT2D eigenvalue weighted by molar-refractivity contribution is -0.141. The van der Waals surface area contributed by atoms with E-state index in [2.05, 4.69) is 5.32 Å². The Kier molecular flexibility index (Phi) is 5.81. The Labute approximate surface area is 161 Å². The number of benzene rings is 2. The summed E-state index contributed by atoms with van der Waals surface area (Å²) in [5, 5.41) is 2.78. The highest BCUT2D eigenvalue weighted by atomic mass is 32.2. The van der Waals surface area contributed by atoms with Gasteiger partial charge in [-0.15, -0.1) is 11.8 Å². The monoisotopic (exact) mass is 384 g/mol. The Morgan fingerprint density at radius 2 is 2.00 bits per heavy atom. The van der Waals surface area contributed by atoms with Crippen molar-refractivity contribution in [1.82, 2.24) is 4.90 Å². The largest absolute Gasteiger partial charge is 0.468 e. The van der Waals surface area contributed by atoms with Crippen molar-refractivity contribution >= 4 is 35.2 Å². The average molecular weight is 384 g/mol. The second-order valence-corrected chi connectivity index (χ2v) is 7.23. The Hall–Kier alpha value is -2.80. The van der Waals surface area contributed by atoms with Gasteiger partial charge in [0.15, 0.2) is 0 Å². The molecule has 0 aliphatic carbocycles. The van der Waals surface area contributed by atoms with Crippen molar-refractivity contribution in [3.63, 3.8) is 0 Å². The summed E-state index contributed by atoms with van der Waals surface area (Å²) in [6, 6.07) is 12.9. The number of esters is 1. The number of hydrogen-bond acceptors (Lipinski definition) is 5. The Balaban J connectivity index is 1.88. The second-order valence-electron chi connectivity index (χ2n) is 6.21. The molecule has 0 fully saturated rings. The van der Waals surface area contributed by atoms with Crippen LogP contribution >= 0.6 is 11.8 Å². The molecule has 2 amide bonds. The first-order valence-electron chi connectivity index (χ1n) is 8.45. The first kappa shape index (κ1) is 19.0.